The quantitative estimate of drug-likeness (QED) is 0.207. The van der Waals surface area contributed by atoms with E-state index in [2.05, 4.69) is 60.7 Å². The fraction of sp³-hybridized carbons (Fsp3) is 0.296. The Morgan fingerprint density at radius 3 is 2.73 bits per heavy atom. The highest BCUT2D eigenvalue weighted by atomic mass is 32.2. The third-order valence-electron chi connectivity index (χ3n) is 6.74. The summed E-state index contributed by atoms with van der Waals surface area (Å²) in [5.41, 5.74) is 0.970. The highest BCUT2D eigenvalue weighted by molar-refractivity contribution is 7.43. The lowest BCUT2D eigenvalue weighted by molar-refractivity contribution is -0.0144. The van der Waals surface area contributed by atoms with E-state index >= 15 is 0 Å². The summed E-state index contributed by atoms with van der Waals surface area (Å²) in [5.74, 6) is 3.66. The number of terminal acetylenes is 1. The molecule has 1 saturated carbocycles. The van der Waals surface area contributed by atoms with Gasteiger partial charge < -0.3 is 4.74 Å². The number of hydrogen-bond acceptors (Lipinski definition) is 2. The summed E-state index contributed by atoms with van der Waals surface area (Å²) in [6.07, 6.45) is 12.5. The predicted molar refractivity (Wildman–Crippen MR) is 124 cm³/mol. The Morgan fingerprint density at radius 1 is 1.17 bits per heavy atom. The van der Waals surface area contributed by atoms with Crippen molar-refractivity contribution in [3.8, 4) is 17.2 Å². The molecular weight excluding hydrogens is 388 g/mol. The number of esters is 1. The first-order valence-electron chi connectivity index (χ1n) is 10.5. The van der Waals surface area contributed by atoms with Crippen LogP contribution in [0.3, 0.4) is 0 Å². The molecule has 3 heteroatoms. The molecule has 2 aliphatic carbocycles. The molecule has 30 heavy (non-hydrogen) atoms. The van der Waals surface area contributed by atoms with E-state index in [1.54, 1.807) is 0 Å². The fourth-order valence-corrected chi connectivity index (χ4v) is 7.29. The molecule has 0 aliphatic heterocycles. The van der Waals surface area contributed by atoms with Gasteiger partial charge in [0.05, 0.1) is 5.56 Å². The molecule has 2 aromatic carbocycles. The highest BCUT2D eigenvalue weighted by Crippen LogP contribution is 2.49. The third kappa shape index (κ3) is 3.07. The fourth-order valence-electron chi connectivity index (χ4n) is 5.12. The maximum absolute atomic E-state index is 13.1. The molecule has 0 saturated heterocycles. The molecule has 3 aromatic rings. The molecular formula is C27H25O2S+. The van der Waals surface area contributed by atoms with Crippen LogP contribution >= 0.6 is 10.5 Å². The number of allylic oxidation sites excluding steroid dienone is 2. The summed E-state index contributed by atoms with van der Waals surface area (Å²) in [5, 5.41) is 3.58. The van der Waals surface area contributed by atoms with Crippen LogP contribution in [0.1, 0.15) is 35.7 Å². The van der Waals surface area contributed by atoms with E-state index in [1.807, 2.05) is 25.1 Å². The zero-order chi connectivity index (χ0) is 20.9. The van der Waals surface area contributed by atoms with Crippen LogP contribution in [0.15, 0.2) is 66.1 Å². The van der Waals surface area contributed by atoms with Crippen LogP contribution < -0.4 is 0 Å². The monoisotopic (exact) mass is 413 g/mol. The smallest absolute Gasteiger partial charge is 0.339 e. The lowest BCUT2D eigenvalue weighted by Gasteiger charge is -2.34. The summed E-state index contributed by atoms with van der Waals surface area (Å²) < 4.78 is 7.30. The SMILES string of the molecule is C#CC(C)(OC(=O)c1cccc(-[s+]2cc(C)c3ccccc32)c1)C1CC2C=CC1C2. The van der Waals surface area contributed by atoms with E-state index < -0.39 is 5.60 Å². The van der Waals surface area contributed by atoms with Crippen molar-refractivity contribution in [2.75, 3.05) is 0 Å². The number of carbonyl (C=O) groups is 1. The van der Waals surface area contributed by atoms with Gasteiger partial charge in [0.1, 0.15) is 5.38 Å². The molecule has 5 atom stereocenters. The molecule has 2 aliphatic rings. The number of fused-ring (bicyclic) bond motifs is 3. The largest absolute Gasteiger partial charge is 0.442 e. The van der Waals surface area contributed by atoms with Crippen molar-refractivity contribution in [3.05, 3.63) is 77.2 Å². The average Bonchev–Trinajstić information content (AvgIpc) is 3.49. The first-order valence-corrected chi connectivity index (χ1v) is 11.8. The van der Waals surface area contributed by atoms with Gasteiger partial charge >= 0.3 is 5.97 Å². The Hall–Kier alpha value is -2.83. The molecule has 150 valence electrons. The first kappa shape index (κ1) is 19.2. The van der Waals surface area contributed by atoms with Gasteiger partial charge in [-0.3, -0.25) is 0 Å². The Kier molecular flexibility index (Phi) is 4.56. The summed E-state index contributed by atoms with van der Waals surface area (Å²) in [6.45, 7) is 4.04. The predicted octanol–water partition coefficient (Wildman–Crippen LogP) is 6.65. The van der Waals surface area contributed by atoms with Crippen molar-refractivity contribution in [2.45, 2.75) is 32.3 Å². The molecule has 5 rings (SSSR count). The number of aryl methyl sites for hydroxylation is 1. The van der Waals surface area contributed by atoms with Gasteiger partial charge in [-0.1, -0.05) is 36.3 Å². The normalized spacial score (nSPS) is 24.6. The molecule has 0 spiro atoms. The van der Waals surface area contributed by atoms with Gasteiger partial charge in [-0.15, -0.1) is 6.42 Å². The van der Waals surface area contributed by atoms with E-state index in [-0.39, 0.29) is 22.4 Å². The van der Waals surface area contributed by atoms with Crippen molar-refractivity contribution >= 4 is 26.5 Å². The van der Waals surface area contributed by atoms with Crippen LogP contribution in [0.4, 0.5) is 0 Å². The number of carbonyl (C=O) groups excluding carboxylic acids is 1. The second-order valence-corrected chi connectivity index (χ2v) is 10.5. The zero-order valence-electron chi connectivity index (χ0n) is 17.3. The van der Waals surface area contributed by atoms with Gasteiger partial charge in [0.2, 0.25) is 0 Å². The number of benzene rings is 2. The van der Waals surface area contributed by atoms with Gasteiger partial charge in [0.25, 0.3) is 0 Å². The van der Waals surface area contributed by atoms with E-state index in [1.165, 1.54) is 15.6 Å². The van der Waals surface area contributed by atoms with E-state index in [0.717, 1.165) is 17.7 Å². The number of rotatable bonds is 4. The summed E-state index contributed by atoms with van der Waals surface area (Å²) in [6, 6.07) is 16.3. The Morgan fingerprint density at radius 2 is 2.00 bits per heavy atom. The van der Waals surface area contributed by atoms with Crippen LogP contribution in [0, 0.1) is 37.0 Å². The molecule has 0 amide bonds. The number of thiophene rings is 1. The lowest BCUT2D eigenvalue weighted by Crippen LogP contribution is -2.40. The van der Waals surface area contributed by atoms with E-state index in [9.17, 15) is 4.79 Å². The zero-order valence-corrected chi connectivity index (χ0v) is 18.1. The first-order chi connectivity index (χ1) is 14.5. The molecule has 0 N–H and O–H groups in total. The van der Waals surface area contributed by atoms with Crippen molar-refractivity contribution < 1.29 is 9.53 Å². The van der Waals surface area contributed by atoms with Crippen molar-refractivity contribution in [3.63, 3.8) is 0 Å². The Balaban J connectivity index is 1.44. The third-order valence-corrected chi connectivity index (χ3v) is 8.93. The van der Waals surface area contributed by atoms with Gasteiger partial charge in [-0.2, -0.15) is 0 Å². The number of hydrogen-bond donors (Lipinski definition) is 0. The molecule has 1 aromatic heterocycles. The molecule has 1 fully saturated rings. The Labute approximate surface area is 180 Å². The molecule has 1 heterocycles. The maximum atomic E-state index is 13.1. The minimum atomic E-state index is -0.879. The summed E-state index contributed by atoms with van der Waals surface area (Å²) in [7, 11) is -0.170. The van der Waals surface area contributed by atoms with Crippen LogP contribution in [0.5, 0.6) is 0 Å². The molecule has 0 radical (unpaired) electrons. The van der Waals surface area contributed by atoms with Gasteiger partial charge in [0.15, 0.2) is 15.2 Å². The second kappa shape index (κ2) is 7.15. The second-order valence-electron chi connectivity index (χ2n) is 8.69. The van der Waals surface area contributed by atoms with Crippen LogP contribution in [0.2, 0.25) is 0 Å². The van der Waals surface area contributed by atoms with Crippen molar-refractivity contribution in [1.29, 1.82) is 0 Å². The van der Waals surface area contributed by atoms with Crippen LogP contribution in [0.25, 0.3) is 15.0 Å². The van der Waals surface area contributed by atoms with E-state index in [4.69, 9.17) is 11.2 Å². The van der Waals surface area contributed by atoms with Crippen molar-refractivity contribution in [2.24, 2.45) is 17.8 Å². The standard InChI is InChI=1S/C27H25O2S/c1-4-27(3,24-15-19-12-13-20(24)14-19)29-26(28)21-8-7-9-22(16-21)30-17-18(2)23-10-5-6-11-25(23)30/h1,5-13,16-17,19-20,24H,14-15H2,2-3H3/q+1. The lowest BCUT2D eigenvalue weighted by atomic mass is 9.80. The van der Waals surface area contributed by atoms with Crippen molar-refractivity contribution in [1.82, 2.24) is 0 Å². The van der Waals surface area contributed by atoms with Gasteiger partial charge in [-0.05, 0) is 62.8 Å². The van der Waals surface area contributed by atoms with E-state index in [0.29, 0.717) is 17.4 Å². The topological polar surface area (TPSA) is 26.3 Å². The molecule has 5 unspecified atom stereocenters. The Bertz CT molecular complexity index is 1210. The molecule has 2 bridgehead atoms. The molecule has 2 nitrogen and oxygen atoms in total. The van der Waals surface area contributed by atoms with Crippen LogP contribution in [-0.2, 0) is 4.74 Å². The number of ether oxygens (including phenoxy) is 1. The minimum absolute atomic E-state index is 0.170. The van der Waals surface area contributed by atoms with Gasteiger partial charge in [-0.25, -0.2) is 4.79 Å². The highest BCUT2D eigenvalue weighted by Gasteiger charge is 2.48. The van der Waals surface area contributed by atoms with Crippen LogP contribution in [-0.4, -0.2) is 11.6 Å². The average molecular weight is 414 g/mol. The maximum Gasteiger partial charge on any atom is 0.339 e. The summed E-state index contributed by atoms with van der Waals surface area (Å²) >= 11 is 0. The summed E-state index contributed by atoms with van der Waals surface area (Å²) in [4.78, 5) is 14.2. The minimum Gasteiger partial charge on any atom is -0.442 e. The van der Waals surface area contributed by atoms with Gasteiger partial charge in [0, 0.05) is 33.4 Å².